The molecule has 0 aliphatic rings. The zero-order valence-corrected chi connectivity index (χ0v) is 12.2. The second kappa shape index (κ2) is 5.57. The summed E-state index contributed by atoms with van der Waals surface area (Å²) in [4.78, 5) is 12.3. The summed E-state index contributed by atoms with van der Waals surface area (Å²) >= 11 is 6.12. The summed E-state index contributed by atoms with van der Waals surface area (Å²) < 4.78 is 7.56. The summed E-state index contributed by atoms with van der Waals surface area (Å²) in [5.74, 6) is 1.04. The van der Waals surface area contributed by atoms with E-state index in [2.05, 4.69) is 15.0 Å². The number of ether oxygens (including phenoxy) is 1. The van der Waals surface area contributed by atoms with Gasteiger partial charge in [-0.15, -0.1) is 0 Å². The van der Waals surface area contributed by atoms with E-state index in [1.54, 1.807) is 6.33 Å². The van der Waals surface area contributed by atoms with Crippen molar-refractivity contribution >= 4 is 28.6 Å². The largest absolute Gasteiger partial charge is 0.490 e. The molecule has 0 bridgehead atoms. The predicted octanol–water partition coefficient (Wildman–Crippen LogP) is 2.45. The Balaban J connectivity index is 1.71. The first-order valence-electron chi connectivity index (χ1n) is 6.45. The molecule has 0 fully saturated rings. The standard InChI is InChI=1S/C14H14ClN5O/c1-9-2-3-11(10(15)6-9)21-5-4-20-8-19-12-13(16)17-7-18-14(12)20/h2-3,6-8H,4-5H2,1H3,(H2,16,17,18). The lowest BCUT2D eigenvalue weighted by Gasteiger charge is -2.09. The lowest BCUT2D eigenvalue weighted by atomic mass is 10.2. The molecule has 0 saturated heterocycles. The molecule has 3 aromatic rings. The van der Waals surface area contributed by atoms with Crippen LogP contribution in [0.15, 0.2) is 30.9 Å². The third-order valence-corrected chi connectivity index (χ3v) is 3.40. The molecule has 0 aliphatic heterocycles. The van der Waals surface area contributed by atoms with Crippen molar-refractivity contribution in [3.63, 3.8) is 0 Å². The first kappa shape index (κ1) is 13.6. The Morgan fingerprint density at radius 2 is 2.14 bits per heavy atom. The van der Waals surface area contributed by atoms with Crippen molar-refractivity contribution in [1.82, 2.24) is 19.5 Å². The smallest absolute Gasteiger partial charge is 0.165 e. The van der Waals surface area contributed by atoms with Gasteiger partial charge < -0.3 is 15.0 Å². The van der Waals surface area contributed by atoms with Gasteiger partial charge in [-0.25, -0.2) is 15.0 Å². The number of imidazole rings is 1. The molecule has 0 saturated carbocycles. The number of benzene rings is 1. The van der Waals surface area contributed by atoms with Gasteiger partial charge in [0.25, 0.3) is 0 Å². The van der Waals surface area contributed by atoms with Gasteiger partial charge in [0.15, 0.2) is 11.5 Å². The Morgan fingerprint density at radius 3 is 2.95 bits per heavy atom. The fourth-order valence-electron chi connectivity index (χ4n) is 2.04. The average molecular weight is 304 g/mol. The minimum absolute atomic E-state index is 0.376. The molecule has 108 valence electrons. The molecular weight excluding hydrogens is 290 g/mol. The van der Waals surface area contributed by atoms with Crippen molar-refractivity contribution in [2.75, 3.05) is 12.3 Å². The SMILES string of the molecule is Cc1ccc(OCCn2cnc3c(N)ncnc32)c(Cl)c1. The second-order valence-corrected chi connectivity index (χ2v) is 5.06. The van der Waals surface area contributed by atoms with E-state index in [0.29, 0.717) is 40.9 Å². The van der Waals surface area contributed by atoms with Crippen molar-refractivity contribution in [2.45, 2.75) is 13.5 Å². The summed E-state index contributed by atoms with van der Waals surface area (Å²) in [6.45, 7) is 3.03. The van der Waals surface area contributed by atoms with Crippen LogP contribution in [0.5, 0.6) is 5.75 Å². The number of anilines is 1. The average Bonchev–Trinajstić information content (AvgIpc) is 2.86. The number of nitrogen functional groups attached to an aromatic ring is 1. The van der Waals surface area contributed by atoms with Crippen molar-refractivity contribution in [2.24, 2.45) is 0 Å². The van der Waals surface area contributed by atoms with Crippen LogP contribution < -0.4 is 10.5 Å². The summed E-state index contributed by atoms with van der Waals surface area (Å²) in [6, 6.07) is 5.70. The van der Waals surface area contributed by atoms with Gasteiger partial charge >= 0.3 is 0 Å². The highest BCUT2D eigenvalue weighted by atomic mass is 35.5. The van der Waals surface area contributed by atoms with E-state index in [-0.39, 0.29) is 0 Å². The van der Waals surface area contributed by atoms with Gasteiger partial charge in [0, 0.05) is 0 Å². The van der Waals surface area contributed by atoms with E-state index in [1.807, 2.05) is 29.7 Å². The summed E-state index contributed by atoms with van der Waals surface area (Å²) in [5, 5.41) is 0.608. The molecule has 6 nitrogen and oxygen atoms in total. The van der Waals surface area contributed by atoms with Crippen molar-refractivity contribution in [3.05, 3.63) is 41.4 Å². The molecule has 0 atom stereocenters. The Morgan fingerprint density at radius 1 is 1.29 bits per heavy atom. The molecule has 2 N–H and O–H groups in total. The number of hydrogen-bond donors (Lipinski definition) is 1. The van der Waals surface area contributed by atoms with Crippen molar-refractivity contribution in [1.29, 1.82) is 0 Å². The summed E-state index contributed by atoms with van der Waals surface area (Å²) in [7, 11) is 0. The minimum atomic E-state index is 0.376. The Labute approximate surface area is 126 Å². The molecule has 3 rings (SSSR count). The molecule has 0 radical (unpaired) electrons. The van der Waals surface area contributed by atoms with E-state index in [9.17, 15) is 0 Å². The highest BCUT2D eigenvalue weighted by Crippen LogP contribution is 2.25. The van der Waals surface area contributed by atoms with Crippen molar-refractivity contribution in [3.8, 4) is 5.75 Å². The van der Waals surface area contributed by atoms with Gasteiger partial charge in [-0.2, -0.15) is 0 Å². The molecule has 0 amide bonds. The monoisotopic (exact) mass is 303 g/mol. The van der Waals surface area contributed by atoms with Crippen LogP contribution in [0.1, 0.15) is 5.56 Å². The second-order valence-electron chi connectivity index (χ2n) is 4.65. The van der Waals surface area contributed by atoms with Crippen LogP contribution in [0.3, 0.4) is 0 Å². The van der Waals surface area contributed by atoms with Crippen molar-refractivity contribution < 1.29 is 4.74 Å². The van der Waals surface area contributed by atoms with Crippen LogP contribution >= 0.6 is 11.6 Å². The third kappa shape index (κ3) is 2.75. The number of nitrogens with zero attached hydrogens (tertiary/aromatic N) is 4. The number of nitrogens with two attached hydrogens (primary N) is 1. The molecule has 1 aromatic carbocycles. The van der Waals surface area contributed by atoms with Gasteiger partial charge in [-0.3, -0.25) is 0 Å². The lowest BCUT2D eigenvalue weighted by Crippen LogP contribution is -2.08. The van der Waals surface area contributed by atoms with Crippen LogP contribution in [0.2, 0.25) is 5.02 Å². The zero-order valence-electron chi connectivity index (χ0n) is 11.5. The van der Waals surface area contributed by atoms with Gasteiger partial charge in [0.05, 0.1) is 17.9 Å². The third-order valence-electron chi connectivity index (χ3n) is 3.11. The molecule has 2 heterocycles. The summed E-state index contributed by atoms with van der Waals surface area (Å²) in [6.07, 6.45) is 3.10. The number of aryl methyl sites for hydroxylation is 1. The number of fused-ring (bicyclic) bond motifs is 1. The van der Waals surface area contributed by atoms with E-state index in [4.69, 9.17) is 22.1 Å². The summed E-state index contributed by atoms with van der Waals surface area (Å²) in [5.41, 5.74) is 8.14. The molecule has 0 unspecified atom stereocenters. The first-order chi connectivity index (χ1) is 10.1. The van der Waals surface area contributed by atoms with E-state index in [1.165, 1.54) is 6.33 Å². The molecular formula is C14H14ClN5O. The van der Waals surface area contributed by atoms with Gasteiger partial charge in [-0.05, 0) is 24.6 Å². The zero-order chi connectivity index (χ0) is 14.8. The topological polar surface area (TPSA) is 78.9 Å². The minimum Gasteiger partial charge on any atom is -0.490 e. The van der Waals surface area contributed by atoms with Crippen LogP contribution in [0.25, 0.3) is 11.2 Å². The number of aromatic nitrogens is 4. The molecule has 2 aromatic heterocycles. The maximum atomic E-state index is 6.12. The molecule has 21 heavy (non-hydrogen) atoms. The Kier molecular flexibility index (Phi) is 3.62. The van der Waals surface area contributed by atoms with Gasteiger partial charge in [-0.1, -0.05) is 17.7 Å². The van der Waals surface area contributed by atoms with Gasteiger partial charge in [0.1, 0.15) is 24.2 Å². The lowest BCUT2D eigenvalue weighted by molar-refractivity contribution is 0.300. The van der Waals surface area contributed by atoms with Gasteiger partial charge in [0.2, 0.25) is 0 Å². The number of rotatable bonds is 4. The maximum absolute atomic E-state index is 6.12. The normalized spacial score (nSPS) is 11.0. The van der Waals surface area contributed by atoms with E-state index < -0.39 is 0 Å². The van der Waals surface area contributed by atoms with Crippen LogP contribution in [-0.4, -0.2) is 26.1 Å². The Hall–Kier alpha value is -2.34. The molecule has 0 aliphatic carbocycles. The number of halogens is 1. The highest BCUT2D eigenvalue weighted by Gasteiger charge is 2.08. The maximum Gasteiger partial charge on any atom is 0.165 e. The molecule has 7 heteroatoms. The van der Waals surface area contributed by atoms with Crippen LogP contribution in [0.4, 0.5) is 5.82 Å². The fraction of sp³-hybridized carbons (Fsp3) is 0.214. The quantitative estimate of drug-likeness (QED) is 0.801. The number of hydrogen-bond acceptors (Lipinski definition) is 5. The highest BCUT2D eigenvalue weighted by molar-refractivity contribution is 6.32. The van der Waals surface area contributed by atoms with Crippen LogP contribution in [0, 0.1) is 6.92 Å². The van der Waals surface area contributed by atoms with E-state index >= 15 is 0 Å². The Bertz CT molecular complexity index is 786. The predicted molar refractivity (Wildman–Crippen MR) is 81.4 cm³/mol. The first-order valence-corrected chi connectivity index (χ1v) is 6.83. The van der Waals surface area contributed by atoms with E-state index in [0.717, 1.165) is 5.56 Å². The molecule has 0 spiro atoms. The van der Waals surface area contributed by atoms with Crippen LogP contribution in [-0.2, 0) is 6.54 Å². The fourth-order valence-corrected chi connectivity index (χ4v) is 2.33.